The maximum atomic E-state index is 9.70. The first-order chi connectivity index (χ1) is 17.5. The van der Waals surface area contributed by atoms with E-state index < -0.39 is 0 Å². The summed E-state index contributed by atoms with van der Waals surface area (Å²) in [6, 6.07) is 17.6. The highest BCUT2D eigenvalue weighted by Gasteiger charge is 2.28. The van der Waals surface area contributed by atoms with E-state index in [-0.39, 0.29) is 5.70 Å². The van der Waals surface area contributed by atoms with Gasteiger partial charge in [0.1, 0.15) is 5.82 Å². The standard InChI is InChI=1S/C30H40N6/c1-6-12-33-21-26-8-10-27(11-9-26)22-34(7-2)13-14-35-15-16-36(30(35)29(20-31)32-5)23-28-18-24(3)17-25(4)19-28/h8-11,17-19,33H,6-7,12-16,21-23H2,1-4H3/b30-29-. The van der Waals surface area contributed by atoms with Crippen molar-refractivity contribution < 1.29 is 0 Å². The zero-order chi connectivity index (χ0) is 25.9. The summed E-state index contributed by atoms with van der Waals surface area (Å²) in [6.45, 7) is 24.0. The van der Waals surface area contributed by atoms with Crippen molar-refractivity contribution in [1.82, 2.24) is 20.0 Å². The van der Waals surface area contributed by atoms with Gasteiger partial charge in [-0.2, -0.15) is 0 Å². The topological polar surface area (TPSA) is 49.9 Å². The minimum absolute atomic E-state index is 0.187. The average molecular weight is 485 g/mol. The highest BCUT2D eigenvalue weighted by molar-refractivity contribution is 5.35. The molecule has 3 rings (SSSR count). The second-order valence-electron chi connectivity index (χ2n) is 9.66. The molecule has 0 radical (unpaired) electrons. The summed E-state index contributed by atoms with van der Waals surface area (Å²) in [4.78, 5) is 10.4. The number of aryl methyl sites for hydroxylation is 2. The maximum Gasteiger partial charge on any atom is 0.300 e. The molecule has 36 heavy (non-hydrogen) atoms. The molecule has 1 N–H and O–H groups in total. The summed E-state index contributed by atoms with van der Waals surface area (Å²) < 4.78 is 0. The number of hydrogen-bond acceptors (Lipinski definition) is 5. The van der Waals surface area contributed by atoms with Gasteiger partial charge >= 0.3 is 5.70 Å². The Morgan fingerprint density at radius 2 is 1.69 bits per heavy atom. The van der Waals surface area contributed by atoms with E-state index in [4.69, 9.17) is 6.57 Å². The lowest BCUT2D eigenvalue weighted by Gasteiger charge is -2.28. The van der Waals surface area contributed by atoms with Crippen LogP contribution in [0.3, 0.4) is 0 Å². The Hall–Kier alpha value is -3.32. The normalized spacial score (nSPS) is 14.8. The van der Waals surface area contributed by atoms with Crippen LogP contribution >= 0.6 is 0 Å². The zero-order valence-electron chi connectivity index (χ0n) is 22.3. The van der Waals surface area contributed by atoms with Crippen molar-refractivity contribution in [2.75, 3.05) is 39.3 Å². The summed E-state index contributed by atoms with van der Waals surface area (Å²) in [5.74, 6) is 0.784. The lowest BCUT2D eigenvalue weighted by Crippen LogP contribution is -2.34. The molecule has 0 atom stereocenters. The average Bonchev–Trinajstić information content (AvgIpc) is 3.25. The molecular weight excluding hydrogens is 444 g/mol. The third-order valence-electron chi connectivity index (χ3n) is 6.64. The van der Waals surface area contributed by atoms with Crippen LogP contribution in [0.2, 0.25) is 0 Å². The molecule has 190 valence electrons. The largest absolute Gasteiger partial charge is 0.363 e. The van der Waals surface area contributed by atoms with E-state index in [2.05, 4.69) is 101 Å². The molecule has 1 saturated heterocycles. The Morgan fingerprint density at radius 3 is 2.31 bits per heavy atom. The molecule has 6 heteroatoms. The van der Waals surface area contributed by atoms with Gasteiger partial charge in [0.2, 0.25) is 0 Å². The van der Waals surface area contributed by atoms with Gasteiger partial charge in [0, 0.05) is 45.8 Å². The third kappa shape index (κ3) is 7.59. The van der Waals surface area contributed by atoms with Crippen molar-refractivity contribution in [3.63, 3.8) is 0 Å². The van der Waals surface area contributed by atoms with Crippen LogP contribution in [-0.2, 0) is 19.6 Å². The van der Waals surface area contributed by atoms with Crippen molar-refractivity contribution >= 4 is 0 Å². The fraction of sp³-hybridized carbons (Fsp3) is 0.467. The maximum absolute atomic E-state index is 9.70. The molecule has 0 unspecified atom stereocenters. The highest BCUT2D eigenvalue weighted by Crippen LogP contribution is 2.26. The summed E-state index contributed by atoms with van der Waals surface area (Å²) in [5, 5.41) is 13.1. The minimum atomic E-state index is 0.187. The number of nitrogens with zero attached hydrogens (tertiary/aromatic N) is 5. The molecule has 2 aromatic carbocycles. The number of nitrogens with one attached hydrogen (secondary N) is 1. The number of rotatable bonds is 12. The molecule has 0 bridgehead atoms. The van der Waals surface area contributed by atoms with E-state index in [9.17, 15) is 5.26 Å². The molecule has 0 spiro atoms. The SMILES string of the molecule is [C-]#[N+]/C(C#N)=C1/N(CCN(CC)Cc2ccc(CNCCC)cc2)CCN1Cc1cc(C)cc(C)c1. The fourth-order valence-corrected chi connectivity index (χ4v) is 4.87. The second kappa shape index (κ2) is 13.7. The van der Waals surface area contributed by atoms with Gasteiger partial charge in [-0.05, 0) is 50.0 Å². The predicted octanol–water partition coefficient (Wildman–Crippen LogP) is 5.05. The summed E-state index contributed by atoms with van der Waals surface area (Å²) in [6.07, 6.45) is 1.15. The fourth-order valence-electron chi connectivity index (χ4n) is 4.87. The number of benzene rings is 2. The van der Waals surface area contributed by atoms with Crippen LogP contribution in [-0.4, -0.2) is 54.0 Å². The smallest absolute Gasteiger partial charge is 0.300 e. The van der Waals surface area contributed by atoms with Gasteiger partial charge in [0.15, 0.2) is 0 Å². The quantitative estimate of drug-likeness (QED) is 0.259. The Kier molecular flexibility index (Phi) is 10.4. The van der Waals surface area contributed by atoms with Crippen LogP contribution in [0.25, 0.3) is 4.85 Å². The van der Waals surface area contributed by atoms with Gasteiger partial charge in [0.25, 0.3) is 0 Å². The van der Waals surface area contributed by atoms with Gasteiger partial charge < -0.3 is 15.1 Å². The molecule has 6 nitrogen and oxygen atoms in total. The monoisotopic (exact) mass is 484 g/mol. The first-order valence-electron chi connectivity index (χ1n) is 13.1. The molecular formula is C30H40N6. The highest BCUT2D eigenvalue weighted by atomic mass is 15.4. The molecule has 1 heterocycles. The molecule has 0 amide bonds. The molecule has 1 aliphatic rings. The van der Waals surface area contributed by atoms with Crippen molar-refractivity contribution in [1.29, 1.82) is 5.26 Å². The van der Waals surface area contributed by atoms with Crippen molar-refractivity contribution in [3.05, 3.63) is 93.2 Å². The van der Waals surface area contributed by atoms with Crippen molar-refractivity contribution in [2.24, 2.45) is 0 Å². The Morgan fingerprint density at radius 1 is 1.03 bits per heavy atom. The van der Waals surface area contributed by atoms with Crippen molar-refractivity contribution in [2.45, 2.75) is 53.8 Å². The van der Waals surface area contributed by atoms with Gasteiger partial charge in [-0.25, -0.2) is 10.1 Å². The van der Waals surface area contributed by atoms with Gasteiger partial charge in [0.05, 0.1) is 12.6 Å². The lowest BCUT2D eigenvalue weighted by molar-refractivity contribution is 0.234. The Balaban J connectivity index is 1.64. The van der Waals surface area contributed by atoms with E-state index in [0.29, 0.717) is 6.54 Å². The Labute approximate surface area is 217 Å². The van der Waals surface area contributed by atoms with E-state index in [1.807, 2.05) is 0 Å². The second-order valence-corrected chi connectivity index (χ2v) is 9.66. The molecule has 0 saturated carbocycles. The molecule has 1 fully saturated rings. The first-order valence-corrected chi connectivity index (χ1v) is 13.1. The summed E-state index contributed by atoms with van der Waals surface area (Å²) in [7, 11) is 0. The minimum Gasteiger partial charge on any atom is -0.363 e. The number of likely N-dealkylation sites (N-methyl/N-ethyl adjacent to an activating group) is 1. The van der Waals surface area contributed by atoms with Gasteiger partial charge in [-0.1, -0.05) is 67.4 Å². The van der Waals surface area contributed by atoms with Crippen LogP contribution in [0.5, 0.6) is 0 Å². The van der Waals surface area contributed by atoms with Crippen LogP contribution in [0.4, 0.5) is 0 Å². The van der Waals surface area contributed by atoms with Crippen LogP contribution < -0.4 is 5.32 Å². The third-order valence-corrected chi connectivity index (χ3v) is 6.64. The summed E-state index contributed by atoms with van der Waals surface area (Å²) >= 11 is 0. The van der Waals surface area contributed by atoms with E-state index >= 15 is 0 Å². The van der Waals surface area contributed by atoms with Gasteiger partial charge in [-0.3, -0.25) is 4.90 Å². The van der Waals surface area contributed by atoms with Crippen LogP contribution in [0, 0.1) is 31.8 Å². The lowest BCUT2D eigenvalue weighted by atomic mass is 10.1. The molecule has 0 aliphatic carbocycles. The Bertz CT molecular complexity index is 1070. The van der Waals surface area contributed by atoms with E-state index in [1.54, 1.807) is 0 Å². The van der Waals surface area contributed by atoms with Crippen LogP contribution in [0.1, 0.15) is 48.1 Å². The van der Waals surface area contributed by atoms with Gasteiger partial charge in [-0.15, -0.1) is 0 Å². The molecule has 2 aromatic rings. The summed E-state index contributed by atoms with van der Waals surface area (Å²) in [5.41, 5.74) is 6.50. The predicted molar refractivity (Wildman–Crippen MR) is 147 cm³/mol. The zero-order valence-corrected chi connectivity index (χ0v) is 22.3. The molecule has 1 aliphatic heterocycles. The molecule has 0 aromatic heterocycles. The van der Waals surface area contributed by atoms with Crippen molar-refractivity contribution in [3.8, 4) is 6.07 Å². The first kappa shape index (κ1) is 27.3. The number of nitriles is 1. The number of allylic oxidation sites excluding steroid dienone is 1. The van der Waals surface area contributed by atoms with E-state index in [1.165, 1.54) is 27.8 Å². The van der Waals surface area contributed by atoms with Crippen LogP contribution in [0.15, 0.2) is 54.0 Å². The number of hydrogen-bond donors (Lipinski definition) is 1. The van der Waals surface area contributed by atoms with E-state index in [0.717, 1.165) is 64.6 Å².